The van der Waals surface area contributed by atoms with Gasteiger partial charge in [-0.05, 0) is 29.4 Å². The van der Waals surface area contributed by atoms with Crippen molar-refractivity contribution in [3.05, 3.63) is 59.7 Å². The Labute approximate surface area is 122 Å². The number of allylic oxidation sites excluding steroid dienone is 3. The van der Waals surface area contributed by atoms with Crippen molar-refractivity contribution < 1.29 is 4.74 Å². The van der Waals surface area contributed by atoms with Gasteiger partial charge in [-0.2, -0.15) is 0 Å². The van der Waals surface area contributed by atoms with Gasteiger partial charge in [0, 0.05) is 5.41 Å². The Morgan fingerprint density at radius 3 is 2.65 bits per heavy atom. The Kier molecular flexibility index (Phi) is 3.33. The van der Waals surface area contributed by atoms with E-state index in [1.54, 1.807) is 0 Å². The van der Waals surface area contributed by atoms with Gasteiger partial charge in [-0.25, -0.2) is 0 Å². The molecule has 1 aliphatic heterocycles. The molecule has 0 radical (unpaired) electrons. The van der Waals surface area contributed by atoms with E-state index in [0.717, 1.165) is 19.4 Å². The second-order valence-electron chi connectivity index (χ2n) is 6.98. The number of fused-ring (bicyclic) bond motifs is 1. The molecule has 0 bridgehead atoms. The maximum Gasteiger partial charge on any atom is 0.0926 e. The van der Waals surface area contributed by atoms with Gasteiger partial charge in [0.15, 0.2) is 0 Å². The molecule has 0 saturated heterocycles. The fourth-order valence-electron chi connectivity index (χ4n) is 3.60. The van der Waals surface area contributed by atoms with Crippen molar-refractivity contribution in [2.24, 2.45) is 10.8 Å². The normalized spacial score (nSPS) is 29.2. The van der Waals surface area contributed by atoms with Crippen molar-refractivity contribution in [1.82, 2.24) is 0 Å². The minimum atomic E-state index is 0.0400. The fourth-order valence-corrected chi connectivity index (χ4v) is 3.60. The lowest BCUT2D eigenvalue weighted by molar-refractivity contribution is -0.0772. The van der Waals surface area contributed by atoms with E-state index in [1.165, 1.54) is 11.1 Å². The second-order valence-corrected chi connectivity index (χ2v) is 6.98. The highest BCUT2D eigenvalue weighted by Gasteiger charge is 2.48. The van der Waals surface area contributed by atoms with Crippen LogP contribution in [0, 0.1) is 10.8 Å². The van der Waals surface area contributed by atoms with Crippen LogP contribution in [0.25, 0.3) is 0 Å². The van der Waals surface area contributed by atoms with Crippen molar-refractivity contribution in [2.75, 3.05) is 6.61 Å². The smallest absolute Gasteiger partial charge is 0.0926 e. The highest BCUT2D eigenvalue weighted by Crippen LogP contribution is 2.55. The largest absolute Gasteiger partial charge is 0.372 e. The third-order valence-corrected chi connectivity index (χ3v) is 4.95. The van der Waals surface area contributed by atoms with Gasteiger partial charge in [0.1, 0.15) is 0 Å². The van der Waals surface area contributed by atoms with E-state index < -0.39 is 0 Å². The number of hydrogen-bond acceptors (Lipinski definition) is 1. The molecule has 0 saturated carbocycles. The summed E-state index contributed by atoms with van der Waals surface area (Å²) in [6.07, 6.45) is 11.2. The maximum atomic E-state index is 6.29. The average Bonchev–Trinajstić information content (AvgIpc) is 2.46. The van der Waals surface area contributed by atoms with Crippen LogP contribution in [0.15, 0.2) is 48.6 Å². The number of benzene rings is 1. The van der Waals surface area contributed by atoms with Gasteiger partial charge in [-0.15, -0.1) is 0 Å². The SMILES string of the molecule is CC(C)(C)C1(C2OCCc3ccccc32)C=CC=CC1. The molecule has 1 aromatic carbocycles. The minimum Gasteiger partial charge on any atom is -0.372 e. The van der Waals surface area contributed by atoms with Crippen LogP contribution in [0.4, 0.5) is 0 Å². The van der Waals surface area contributed by atoms with E-state index in [-0.39, 0.29) is 16.9 Å². The quantitative estimate of drug-likeness (QED) is 0.707. The van der Waals surface area contributed by atoms with Crippen molar-refractivity contribution in [3.63, 3.8) is 0 Å². The zero-order valence-corrected chi connectivity index (χ0v) is 12.7. The minimum absolute atomic E-state index is 0.0400. The molecule has 1 aliphatic carbocycles. The lowest BCUT2D eigenvalue weighted by atomic mass is 9.58. The molecule has 1 nitrogen and oxygen atoms in total. The van der Waals surface area contributed by atoms with Crippen LogP contribution in [0.3, 0.4) is 0 Å². The molecule has 0 aromatic heterocycles. The van der Waals surface area contributed by atoms with Crippen LogP contribution in [0.1, 0.15) is 44.4 Å². The first-order valence-electron chi connectivity index (χ1n) is 7.58. The first-order valence-corrected chi connectivity index (χ1v) is 7.58. The Morgan fingerprint density at radius 2 is 1.95 bits per heavy atom. The van der Waals surface area contributed by atoms with Crippen molar-refractivity contribution in [1.29, 1.82) is 0 Å². The average molecular weight is 268 g/mol. The summed E-state index contributed by atoms with van der Waals surface area (Å²) in [7, 11) is 0. The summed E-state index contributed by atoms with van der Waals surface area (Å²) in [5.74, 6) is 0. The molecule has 2 aliphatic rings. The maximum absolute atomic E-state index is 6.29. The molecule has 2 atom stereocenters. The van der Waals surface area contributed by atoms with Gasteiger partial charge in [0.05, 0.1) is 12.7 Å². The van der Waals surface area contributed by atoms with Crippen LogP contribution in [-0.4, -0.2) is 6.61 Å². The molecule has 0 amide bonds. The predicted octanol–water partition coefficient (Wildman–Crippen LogP) is 4.85. The zero-order chi connectivity index (χ0) is 14.2. The van der Waals surface area contributed by atoms with Gasteiger partial charge in [-0.3, -0.25) is 0 Å². The molecule has 3 rings (SSSR count). The van der Waals surface area contributed by atoms with Crippen molar-refractivity contribution in [2.45, 2.75) is 39.7 Å². The van der Waals surface area contributed by atoms with Crippen molar-refractivity contribution >= 4 is 0 Å². The van der Waals surface area contributed by atoms with Crippen LogP contribution in [0.2, 0.25) is 0 Å². The van der Waals surface area contributed by atoms with Crippen LogP contribution < -0.4 is 0 Å². The molecule has 20 heavy (non-hydrogen) atoms. The van der Waals surface area contributed by atoms with E-state index in [1.807, 2.05) is 0 Å². The molecule has 106 valence electrons. The molecule has 1 heterocycles. The van der Waals surface area contributed by atoms with Crippen LogP contribution in [-0.2, 0) is 11.2 Å². The molecule has 0 spiro atoms. The summed E-state index contributed by atoms with van der Waals surface area (Å²) in [6, 6.07) is 8.78. The highest BCUT2D eigenvalue weighted by atomic mass is 16.5. The summed E-state index contributed by atoms with van der Waals surface area (Å²) in [4.78, 5) is 0. The molecule has 0 N–H and O–H groups in total. The van der Waals surface area contributed by atoms with Gasteiger partial charge < -0.3 is 4.74 Å². The third kappa shape index (κ3) is 2.05. The Morgan fingerprint density at radius 1 is 1.15 bits per heavy atom. The Bertz CT molecular complexity index is 547. The molecule has 0 fully saturated rings. The summed E-state index contributed by atoms with van der Waals surface area (Å²) in [6.45, 7) is 7.82. The lowest BCUT2D eigenvalue weighted by Crippen LogP contribution is -2.42. The zero-order valence-electron chi connectivity index (χ0n) is 12.7. The summed E-state index contributed by atoms with van der Waals surface area (Å²) < 4.78 is 6.29. The number of ether oxygens (including phenoxy) is 1. The lowest BCUT2D eigenvalue weighted by Gasteiger charge is -2.50. The third-order valence-electron chi connectivity index (χ3n) is 4.95. The first kappa shape index (κ1) is 13.6. The molecular weight excluding hydrogens is 244 g/mol. The van der Waals surface area contributed by atoms with E-state index in [0.29, 0.717) is 0 Å². The number of hydrogen-bond donors (Lipinski definition) is 0. The number of rotatable bonds is 1. The standard InChI is InChI=1S/C19H24O/c1-18(2,3)19(12-7-4-8-13-19)17-16-10-6-5-9-15(16)11-14-20-17/h4-10,12,17H,11,13-14H2,1-3H3. The Balaban J connectivity index is 2.11. The van der Waals surface area contributed by atoms with Crippen molar-refractivity contribution in [3.8, 4) is 0 Å². The van der Waals surface area contributed by atoms with Gasteiger partial charge in [0.2, 0.25) is 0 Å². The highest BCUT2D eigenvalue weighted by molar-refractivity contribution is 5.36. The Hall–Kier alpha value is -1.34. The van der Waals surface area contributed by atoms with E-state index in [4.69, 9.17) is 4.74 Å². The fraction of sp³-hybridized carbons (Fsp3) is 0.474. The van der Waals surface area contributed by atoms with Gasteiger partial charge in [-0.1, -0.05) is 69.3 Å². The van der Waals surface area contributed by atoms with Gasteiger partial charge in [0.25, 0.3) is 0 Å². The predicted molar refractivity (Wildman–Crippen MR) is 83.6 cm³/mol. The molecule has 1 aromatic rings. The second kappa shape index (κ2) is 4.89. The summed E-state index contributed by atoms with van der Waals surface area (Å²) >= 11 is 0. The van der Waals surface area contributed by atoms with Gasteiger partial charge >= 0.3 is 0 Å². The van der Waals surface area contributed by atoms with E-state index in [9.17, 15) is 0 Å². The molecule has 1 heteroatoms. The topological polar surface area (TPSA) is 9.23 Å². The summed E-state index contributed by atoms with van der Waals surface area (Å²) in [5.41, 5.74) is 3.03. The molecular formula is C19H24O. The van der Waals surface area contributed by atoms with Crippen LogP contribution >= 0.6 is 0 Å². The van der Waals surface area contributed by atoms with E-state index in [2.05, 4.69) is 69.3 Å². The van der Waals surface area contributed by atoms with Crippen LogP contribution in [0.5, 0.6) is 0 Å². The first-order chi connectivity index (χ1) is 9.55. The molecule has 2 unspecified atom stereocenters. The van der Waals surface area contributed by atoms with E-state index >= 15 is 0 Å². The summed E-state index contributed by atoms with van der Waals surface area (Å²) in [5, 5.41) is 0. The monoisotopic (exact) mass is 268 g/mol.